The van der Waals surface area contributed by atoms with E-state index in [2.05, 4.69) is 5.32 Å². The first-order valence-corrected chi connectivity index (χ1v) is 7.24. The Labute approximate surface area is 118 Å². The molecule has 1 atom stereocenters. The summed E-state index contributed by atoms with van der Waals surface area (Å²) in [6, 6.07) is 0.189. The molecule has 2 amide bonds. The number of urea groups is 1. The summed E-state index contributed by atoms with van der Waals surface area (Å²) < 4.78 is 5.16. The quantitative estimate of drug-likeness (QED) is 0.761. The Bertz CT molecular complexity index is 358. The average Bonchev–Trinajstić information content (AvgIpc) is 2.49. The van der Waals surface area contributed by atoms with E-state index in [-0.39, 0.29) is 25.2 Å². The molecule has 2 fully saturated rings. The highest BCUT2D eigenvalue weighted by Gasteiger charge is 2.33. The summed E-state index contributed by atoms with van der Waals surface area (Å²) in [5.74, 6) is -1.01. The van der Waals surface area contributed by atoms with Gasteiger partial charge in [0.1, 0.15) is 0 Å². The predicted octanol–water partition coefficient (Wildman–Crippen LogP) is -0.0343. The fourth-order valence-electron chi connectivity index (χ4n) is 2.82. The first-order chi connectivity index (χ1) is 9.63. The van der Waals surface area contributed by atoms with Gasteiger partial charge in [-0.15, -0.1) is 0 Å². The van der Waals surface area contributed by atoms with Crippen molar-refractivity contribution in [3.63, 3.8) is 0 Å². The van der Waals surface area contributed by atoms with Crippen molar-refractivity contribution in [1.29, 1.82) is 0 Å². The molecule has 0 saturated carbocycles. The van der Waals surface area contributed by atoms with Gasteiger partial charge in [0, 0.05) is 19.1 Å². The van der Waals surface area contributed by atoms with E-state index < -0.39 is 12.1 Å². The van der Waals surface area contributed by atoms with Crippen molar-refractivity contribution in [3.05, 3.63) is 0 Å². The topological polar surface area (TPSA) is 82.1 Å². The highest BCUT2D eigenvalue weighted by molar-refractivity contribution is 5.77. The summed E-state index contributed by atoms with van der Waals surface area (Å²) in [5, 5.41) is 12.3. The molecule has 2 rings (SSSR count). The molecule has 0 spiro atoms. The Hall–Kier alpha value is -1.34. The molecule has 0 bridgehead atoms. The maximum absolute atomic E-state index is 12.6. The maximum Gasteiger partial charge on any atom is 0.334 e. The van der Waals surface area contributed by atoms with Crippen LogP contribution in [0.2, 0.25) is 0 Å². The number of nitrogens with zero attached hydrogens (tertiary/aromatic N) is 2. The van der Waals surface area contributed by atoms with Crippen LogP contribution in [0.25, 0.3) is 0 Å². The van der Waals surface area contributed by atoms with Crippen molar-refractivity contribution >= 4 is 12.0 Å². The van der Waals surface area contributed by atoms with Crippen LogP contribution >= 0.6 is 0 Å². The fourth-order valence-corrected chi connectivity index (χ4v) is 2.82. The minimum absolute atomic E-state index is 0.0612. The van der Waals surface area contributed by atoms with Crippen molar-refractivity contribution in [2.45, 2.75) is 31.9 Å². The summed E-state index contributed by atoms with van der Waals surface area (Å²) in [4.78, 5) is 27.0. The van der Waals surface area contributed by atoms with E-state index in [1.165, 1.54) is 0 Å². The molecule has 0 aromatic rings. The van der Waals surface area contributed by atoms with Crippen LogP contribution in [-0.4, -0.2) is 78.4 Å². The lowest BCUT2D eigenvalue weighted by molar-refractivity contribution is -0.154. The second-order valence-corrected chi connectivity index (χ2v) is 5.19. The Morgan fingerprint density at radius 3 is 2.70 bits per heavy atom. The zero-order valence-corrected chi connectivity index (χ0v) is 11.9. The number of ether oxygens (including phenoxy) is 1. The number of morpholine rings is 1. The van der Waals surface area contributed by atoms with Crippen molar-refractivity contribution in [3.8, 4) is 0 Å². The van der Waals surface area contributed by atoms with Gasteiger partial charge in [-0.1, -0.05) is 0 Å². The van der Waals surface area contributed by atoms with Crippen LogP contribution in [0, 0.1) is 0 Å². The van der Waals surface area contributed by atoms with Gasteiger partial charge in [-0.25, -0.2) is 9.59 Å². The van der Waals surface area contributed by atoms with E-state index in [9.17, 15) is 9.59 Å². The van der Waals surface area contributed by atoms with E-state index in [1.54, 1.807) is 4.90 Å². The number of piperidine rings is 1. The van der Waals surface area contributed by atoms with Crippen molar-refractivity contribution in [1.82, 2.24) is 15.1 Å². The van der Waals surface area contributed by atoms with Crippen LogP contribution in [0.15, 0.2) is 0 Å². The minimum Gasteiger partial charge on any atom is -0.479 e. The normalized spacial score (nSPS) is 24.4. The third-order valence-electron chi connectivity index (χ3n) is 3.95. The molecule has 7 nitrogen and oxygen atoms in total. The summed E-state index contributed by atoms with van der Waals surface area (Å²) in [6.45, 7) is 5.35. The highest BCUT2D eigenvalue weighted by Crippen LogP contribution is 2.16. The minimum atomic E-state index is -1.01. The standard InChI is InChI=1S/C13H23N3O4/c1-2-16(10-3-5-14-6-4-10)13(19)15-7-8-20-11(9-15)12(17)18/h10-11,14H,2-9H2,1H3,(H,17,18). The summed E-state index contributed by atoms with van der Waals surface area (Å²) >= 11 is 0. The molecule has 20 heavy (non-hydrogen) atoms. The second-order valence-electron chi connectivity index (χ2n) is 5.19. The van der Waals surface area contributed by atoms with E-state index in [1.807, 2.05) is 11.8 Å². The number of carboxylic acid groups (broad SMARTS) is 1. The van der Waals surface area contributed by atoms with E-state index >= 15 is 0 Å². The van der Waals surface area contributed by atoms with Gasteiger partial charge in [0.15, 0.2) is 6.10 Å². The summed E-state index contributed by atoms with van der Waals surface area (Å²) in [5.41, 5.74) is 0. The van der Waals surface area contributed by atoms with Crippen molar-refractivity contribution < 1.29 is 19.4 Å². The zero-order chi connectivity index (χ0) is 14.5. The van der Waals surface area contributed by atoms with Gasteiger partial charge in [0.05, 0.1) is 13.2 Å². The number of aliphatic carboxylic acids is 1. The number of carbonyl (C=O) groups is 2. The van der Waals surface area contributed by atoms with Gasteiger partial charge in [-0.3, -0.25) is 0 Å². The monoisotopic (exact) mass is 285 g/mol. The number of carboxylic acids is 1. The molecule has 2 N–H and O–H groups in total. The van der Waals surface area contributed by atoms with Gasteiger partial charge in [0.25, 0.3) is 0 Å². The van der Waals surface area contributed by atoms with E-state index in [0.29, 0.717) is 13.1 Å². The van der Waals surface area contributed by atoms with Gasteiger partial charge in [-0.2, -0.15) is 0 Å². The SMILES string of the molecule is CCN(C(=O)N1CCOC(C(=O)O)C1)C1CCNCC1. The summed E-state index contributed by atoms with van der Waals surface area (Å²) in [6.07, 6.45) is 0.998. The van der Waals surface area contributed by atoms with E-state index in [0.717, 1.165) is 25.9 Å². The molecule has 114 valence electrons. The molecular weight excluding hydrogens is 262 g/mol. The third kappa shape index (κ3) is 3.40. The number of carbonyl (C=O) groups excluding carboxylic acids is 1. The predicted molar refractivity (Wildman–Crippen MR) is 72.6 cm³/mol. The molecule has 0 aromatic heterocycles. The number of rotatable bonds is 3. The van der Waals surface area contributed by atoms with Crippen LogP contribution < -0.4 is 5.32 Å². The zero-order valence-electron chi connectivity index (χ0n) is 11.9. The molecule has 0 radical (unpaired) electrons. The van der Waals surface area contributed by atoms with Gasteiger partial charge in [-0.05, 0) is 32.9 Å². The van der Waals surface area contributed by atoms with Gasteiger partial charge >= 0.3 is 12.0 Å². The molecule has 2 heterocycles. The first-order valence-electron chi connectivity index (χ1n) is 7.24. The molecule has 1 unspecified atom stereocenters. The Balaban J connectivity index is 1.98. The fraction of sp³-hybridized carbons (Fsp3) is 0.846. The molecule has 2 aliphatic heterocycles. The van der Waals surface area contributed by atoms with E-state index in [4.69, 9.17) is 9.84 Å². The Morgan fingerprint density at radius 1 is 1.40 bits per heavy atom. The lowest BCUT2D eigenvalue weighted by Crippen LogP contribution is -2.56. The number of hydrogen-bond acceptors (Lipinski definition) is 4. The Morgan fingerprint density at radius 2 is 2.10 bits per heavy atom. The van der Waals surface area contributed by atoms with Gasteiger partial charge < -0.3 is 25.0 Å². The molecular formula is C13H23N3O4. The second kappa shape index (κ2) is 6.90. The molecule has 2 saturated heterocycles. The number of amides is 2. The largest absolute Gasteiger partial charge is 0.479 e. The summed E-state index contributed by atoms with van der Waals surface area (Å²) in [7, 11) is 0. The van der Waals surface area contributed by atoms with Gasteiger partial charge in [0.2, 0.25) is 0 Å². The highest BCUT2D eigenvalue weighted by atomic mass is 16.5. The lowest BCUT2D eigenvalue weighted by atomic mass is 10.1. The third-order valence-corrected chi connectivity index (χ3v) is 3.95. The van der Waals surface area contributed by atoms with Crippen molar-refractivity contribution in [2.75, 3.05) is 39.3 Å². The number of nitrogens with one attached hydrogen (secondary N) is 1. The number of hydrogen-bond donors (Lipinski definition) is 2. The molecule has 2 aliphatic rings. The van der Waals surface area contributed by atoms with Crippen LogP contribution in [0.4, 0.5) is 4.79 Å². The maximum atomic E-state index is 12.6. The molecule has 0 aliphatic carbocycles. The Kier molecular flexibility index (Phi) is 5.19. The lowest BCUT2D eigenvalue weighted by Gasteiger charge is -2.39. The van der Waals surface area contributed by atoms with Crippen LogP contribution in [0.5, 0.6) is 0 Å². The van der Waals surface area contributed by atoms with Crippen LogP contribution in [0.1, 0.15) is 19.8 Å². The first kappa shape index (κ1) is 15.1. The van der Waals surface area contributed by atoms with Crippen LogP contribution in [0.3, 0.4) is 0 Å². The smallest absolute Gasteiger partial charge is 0.334 e. The molecule has 0 aromatic carbocycles. The average molecular weight is 285 g/mol. The van der Waals surface area contributed by atoms with Crippen LogP contribution in [-0.2, 0) is 9.53 Å². The van der Waals surface area contributed by atoms with Crippen molar-refractivity contribution in [2.24, 2.45) is 0 Å². The molecule has 7 heteroatoms.